The summed E-state index contributed by atoms with van der Waals surface area (Å²) < 4.78 is 0.929. The number of aromatic nitrogens is 2. The Bertz CT molecular complexity index is 589. The predicted octanol–water partition coefficient (Wildman–Crippen LogP) is 3.24. The molecule has 0 aromatic carbocycles. The van der Waals surface area contributed by atoms with Gasteiger partial charge in [0.25, 0.3) is 0 Å². The van der Waals surface area contributed by atoms with Crippen LogP contribution in [0.15, 0.2) is 29.0 Å². The van der Waals surface area contributed by atoms with Crippen molar-refractivity contribution >= 4 is 32.7 Å². The largest absolute Gasteiger partial charge is 0.359 e. The lowest BCUT2D eigenvalue weighted by Crippen LogP contribution is -2.24. The van der Waals surface area contributed by atoms with Gasteiger partial charge in [-0.15, -0.1) is 6.42 Å². The summed E-state index contributed by atoms with van der Waals surface area (Å²) in [5.41, 5.74) is 2.82. The first-order chi connectivity index (χ1) is 8.76. The smallest absolute Gasteiger partial charge is 0.112 e. The number of pyridine rings is 2. The lowest BCUT2D eigenvalue weighted by atomic mass is 10.2. The number of anilines is 1. The minimum Gasteiger partial charge on any atom is -0.359 e. The van der Waals surface area contributed by atoms with Crippen molar-refractivity contribution in [2.75, 3.05) is 18.0 Å². The number of halogens is 1. The fourth-order valence-electron chi connectivity index (χ4n) is 1.91. The van der Waals surface area contributed by atoms with Gasteiger partial charge in [0.2, 0.25) is 0 Å². The summed E-state index contributed by atoms with van der Waals surface area (Å²) in [6, 6.07) is 3.93. The van der Waals surface area contributed by atoms with Crippen molar-refractivity contribution < 1.29 is 0 Å². The molecule has 0 aliphatic carbocycles. The molecule has 4 heteroatoms. The molecule has 0 unspecified atom stereocenters. The highest BCUT2D eigenvalue weighted by Crippen LogP contribution is 2.25. The summed E-state index contributed by atoms with van der Waals surface area (Å²) in [5, 5.41) is 0. The molecule has 0 saturated carbocycles. The van der Waals surface area contributed by atoms with Gasteiger partial charge in [-0.1, -0.05) is 12.8 Å². The van der Waals surface area contributed by atoms with E-state index in [0.29, 0.717) is 6.54 Å². The number of hydrogen-bond donors (Lipinski definition) is 0. The van der Waals surface area contributed by atoms with Gasteiger partial charge in [-0.2, -0.15) is 0 Å². The molecule has 92 valence electrons. The van der Waals surface area contributed by atoms with Crippen molar-refractivity contribution in [2.45, 2.75) is 13.3 Å². The summed E-state index contributed by atoms with van der Waals surface area (Å²) in [4.78, 5) is 10.9. The van der Waals surface area contributed by atoms with Crippen LogP contribution >= 0.6 is 15.9 Å². The first-order valence-corrected chi connectivity index (χ1v) is 6.64. The fourth-order valence-corrected chi connectivity index (χ4v) is 2.23. The van der Waals surface area contributed by atoms with Crippen molar-refractivity contribution in [1.82, 2.24) is 9.97 Å². The molecule has 0 N–H and O–H groups in total. The van der Waals surface area contributed by atoms with E-state index in [0.717, 1.165) is 34.2 Å². The molecule has 2 heterocycles. The number of hydrogen-bond acceptors (Lipinski definition) is 3. The zero-order valence-corrected chi connectivity index (χ0v) is 11.8. The van der Waals surface area contributed by atoms with Crippen LogP contribution in [0.3, 0.4) is 0 Å². The lowest BCUT2D eigenvalue weighted by Gasteiger charge is -2.22. The monoisotopic (exact) mass is 303 g/mol. The number of rotatable bonds is 4. The van der Waals surface area contributed by atoms with Crippen molar-refractivity contribution in [2.24, 2.45) is 0 Å². The quantitative estimate of drug-likeness (QED) is 0.812. The molecule has 0 atom stereocenters. The van der Waals surface area contributed by atoms with Crippen molar-refractivity contribution in [3.63, 3.8) is 0 Å². The van der Waals surface area contributed by atoms with Crippen LogP contribution < -0.4 is 4.90 Å². The minimum atomic E-state index is 0.588. The highest BCUT2D eigenvalue weighted by Gasteiger charge is 2.10. The van der Waals surface area contributed by atoms with Gasteiger partial charge in [-0.25, -0.2) is 0 Å². The Kier molecular flexibility index (Phi) is 4.16. The molecule has 2 rings (SSSR count). The number of fused-ring (bicyclic) bond motifs is 1. The van der Waals surface area contributed by atoms with Crippen LogP contribution in [0.5, 0.6) is 0 Å². The van der Waals surface area contributed by atoms with E-state index in [1.165, 1.54) is 0 Å². The summed E-state index contributed by atoms with van der Waals surface area (Å²) in [6.07, 6.45) is 10.1. The van der Waals surface area contributed by atoms with Gasteiger partial charge >= 0.3 is 0 Å². The van der Waals surface area contributed by atoms with E-state index in [9.17, 15) is 0 Å². The van der Waals surface area contributed by atoms with E-state index < -0.39 is 0 Å². The van der Waals surface area contributed by atoms with Crippen LogP contribution in [-0.2, 0) is 0 Å². The van der Waals surface area contributed by atoms with Gasteiger partial charge < -0.3 is 4.90 Å². The Morgan fingerprint density at radius 3 is 3.00 bits per heavy atom. The Labute approximate surface area is 115 Å². The van der Waals surface area contributed by atoms with Gasteiger partial charge in [-0.3, -0.25) is 9.97 Å². The van der Waals surface area contributed by atoms with E-state index in [1.807, 2.05) is 12.1 Å². The van der Waals surface area contributed by atoms with E-state index >= 15 is 0 Å². The Hall–Kier alpha value is -1.60. The highest BCUT2D eigenvalue weighted by atomic mass is 79.9. The molecule has 2 aromatic heterocycles. The molecule has 0 aliphatic rings. The standard InChI is InChI=1S/C14H14BrN3/c1-3-7-18(8-4-2)13-5-6-16-12-9-11(15)10-17-14(12)13/h1,5-6,9-10H,4,7-8H2,2H3. The average Bonchev–Trinajstić information content (AvgIpc) is 2.37. The highest BCUT2D eigenvalue weighted by molar-refractivity contribution is 9.10. The first kappa shape index (κ1) is 12.8. The van der Waals surface area contributed by atoms with Gasteiger partial charge in [0, 0.05) is 23.4 Å². The van der Waals surface area contributed by atoms with Crippen LogP contribution in [0, 0.1) is 12.3 Å². The van der Waals surface area contributed by atoms with Gasteiger partial charge in [0.1, 0.15) is 5.52 Å². The fraction of sp³-hybridized carbons (Fsp3) is 0.286. The van der Waals surface area contributed by atoms with Crippen LogP contribution in [0.25, 0.3) is 11.0 Å². The van der Waals surface area contributed by atoms with Crippen LogP contribution in [0.2, 0.25) is 0 Å². The summed E-state index contributed by atoms with van der Waals surface area (Å²) in [5.74, 6) is 2.70. The number of nitrogens with zero attached hydrogens (tertiary/aromatic N) is 3. The molecule has 0 saturated heterocycles. The van der Waals surface area contributed by atoms with E-state index in [4.69, 9.17) is 6.42 Å². The van der Waals surface area contributed by atoms with Crippen molar-refractivity contribution in [1.29, 1.82) is 0 Å². The molecular formula is C14H14BrN3. The van der Waals surface area contributed by atoms with Crippen LogP contribution in [0.4, 0.5) is 5.69 Å². The third kappa shape index (κ3) is 2.62. The topological polar surface area (TPSA) is 29.0 Å². The summed E-state index contributed by atoms with van der Waals surface area (Å²) in [7, 11) is 0. The van der Waals surface area contributed by atoms with Gasteiger partial charge in [-0.05, 0) is 34.5 Å². The lowest BCUT2D eigenvalue weighted by molar-refractivity contribution is 0.824. The van der Waals surface area contributed by atoms with Gasteiger partial charge in [0.15, 0.2) is 0 Å². The maximum absolute atomic E-state index is 5.43. The molecule has 3 nitrogen and oxygen atoms in total. The van der Waals surface area contributed by atoms with Crippen LogP contribution in [-0.4, -0.2) is 23.1 Å². The van der Waals surface area contributed by atoms with E-state index in [2.05, 4.69) is 43.6 Å². The zero-order valence-electron chi connectivity index (χ0n) is 10.2. The molecular weight excluding hydrogens is 290 g/mol. The third-order valence-corrected chi connectivity index (χ3v) is 3.07. The van der Waals surface area contributed by atoms with Crippen molar-refractivity contribution in [3.05, 3.63) is 29.0 Å². The summed E-state index contributed by atoms with van der Waals surface area (Å²) in [6.45, 7) is 3.64. The molecule has 0 amide bonds. The van der Waals surface area contributed by atoms with Crippen molar-refractivity contribution in [3.8, 4) is 12.3 Å². The van der Waals surface area contributed by atoms with Gasteiger partial charge in [0.05, 0.1) is 17.7 Å². The maximum atomic E-state index is 5.43. The zero-order chi connectivity index (χ0) is 13.0. The predicted molar refractivity (Wildman–Crippen MR) is 78.6 cm³/mol. The normalized spacial score (nSPS) is 10.3. The first-order valence-electron chi connectivity index (χ1n) is 5.85. The molecule has 0 fully saturated rings. The molecule has 0 spiro atoms. The maximum Gasteiger partial charge on any atom is 0.112 e. The minimum absolute atomic E-state index is 0.588. The molecule has 0 bridgehead atoms. The van der Waals surface area contributed by atoms with Crippen LogP contribution in [0.1, 0.15) is 13.3 Å². The SMILES string of the molecule is C#CCN(CCC)c1ccnc2cc(Br)cnc12. The second-order valence-electron chi connectivity index (χ2n) is 3.98. The Balaban J connectivity index is 2.52. The molecule has 0 radical (unpaired) electrons. The summed E-state index contributed by atoms with van der Waals surface area (Å²) >= 11 is 3.41. The second kappa shape index (κ2) is 5.83. The molecule has 2 aromatic rings. The van der Waals surface area contributed by atoms with E-state index in [1.54, 1.807) is 12.4 Å². The molecule has 0 aliphatic heterocycles. The average molecular weight is 304 g/mol. The second-order valence-corrected chi connectivity index (χ2v) is 4.89. The van der Waals surface area contributed by atoms with E-state index in [-0.39, 0.29) is 0 Å². The Morgan fingerprint density at radius 1 is 1.44 bits per heavy atom. The third-order valence-electron chi connectivity index (χ3n) is 2.64. The number of terminal acetylenes is 1. The molecule has 18 heavy (non-hydrogen) atoms. The Morgan fingerprint density at radius 2 is 2.28 bits per heavy atom.